The van der Waals surface area contributed by atoms with E-state index >= 15 is 0 Å². The maximum absolute atomic E-state index is 5.60. The second-order valence-electron chi connectivity index (χ2n) is 2.89. The number of nitrogens with two attached hydrogens (primary N) is 2. The minimum atomic E-state index is 0. The molecule has 0 aliphatic heterocycles. The highest BCUT2D eigenvalue weighted by atomic mass is 35.5. The molecule has 0 atom stereocenters. The molecular weight excluding hydrogens is 253 g/mol. The molecule has 0 fully saturated rings. The average molecular weight is 266 g/mol. The molecule has 6 heteroatoms. The molecule has 3 nitrogen and oxygen atoms in total. The van der Waals surface area contributed by atoms with Gasteiger partial charge in [0.2, 0.25) is 0 Å². The van der Waals surface area contributed by atoms with Crippen molar-refractivity contribution in [2.75, 3.05) is 12.3 Å². The Morgan fingerprint density at radius 2 is 2.00 bits per heavy atom. The second-order valence-corrected chi connectivity index (χ2v) is 3.96. The van der Waals surface area contributed by atoms with Crippen molar-refractivity contribution in [2.24, 2.45) is 5.73 Å². The van der Waals surface area contributed by atoms with Crippen LogP contribution < -0.4 is 11.5 Å². The van der Waals surface area contributed by atoms with Crippen molar-refractivity contribution in [1.82, 2.24) is 4.98 Å². The Labute approximate surface area is 105 Å². The quantitative estimate of drug-likeness (QED) is 0.876. The maximum atomic E-state index is 5.60. The Balaban J connectivity index is 0.000000980. The number of nitrogens with zero attached hydrogens (tertiary/aromatic N) is 1. The molecule has 0 saturated heterocycles. The van der Waals surface area contributed by atoms with Gasteiger partial charge in [-0.25, -0.2) is 4.98 Å². The summed E-state index contributed by atoms with van der Waals surface area (Å²) in [5, 5.41) is 0.625. The van der Waals surface area contributed by atoms with Crippen LogP contribution in [0.3, 0.4) is 0 Å². The summed E-state index contributed by atoms with van der Waals surface area (Å²) < 4.78 is 1.14. The summed E-state index contributed by atoms with van der Waals surface area (Å²) in [6, 6.07) is 6.15. The third kappa shape index (κ3) is 3.21. The lowest BCUT2D eigenvalue weighted by atomic mass is 10.1. The summed E-state index contributed by atoms with van der Waals surface area (Å²) in [5.41, 5.74) is 13.3. The van der Waals surface area contributed by atoms with E-state index in [1.165, 1.54) is 16.9 Å². The number of fused-ring (bicyclic) bond motifs is 1. The number of hydrogen-bond donors (Lipinski definition) is 2. The van der Waals surface area contributed by atoms with E-state index in [9.17, 15) is 0 Å². The summed E-state index contributed by atoms with van der Waals surface area (Å²) in [6.07, 6.45) is 0.910. The van der Waals surface area contributed by atoms with Gasteiger partial charge in [-0.1, -0.05) is 17.4 Å². The minimum absolute atomic E-state index is 0. The van der Waals surface area contributed by atoms with Gasteiger partial charge in [-0.2, -0.15) is 0 Å². The van der Waals surface area contributed by atoms with E-state index in [2.05, 4.69) is 11.1 Å². The van der Waals surface area contributed by atoms with Crippen molar-refractivity contribution in [3.05, 3.63) is 23.8 Å². The van der Waals surface area contributed by atoms with E-state index in [0.29, 0.717) is 11.7 Å². The van der Waals surface area contributed by atoms with Crippen LogP contribution in [0, 0.1) is 0 Å². The van der Waals surface area contributed by atoms with Gasteiger partial charge in [0.1, 0.15) is 0 Å². The van der Waals surface area contributed by atoms with Crippen LogP contribution in [-0.2, 0) is 6.42 Å². The maximum Gasteiger partial charge on any atom is 0.181 e. The van der Waals surface area contributed by atoms with Crippen molar-refractivity contribution in [1.29, 1.82) is 0 Å². The van der Waals surface area contributed by atoms with Gasteiger partial charge in [-0.05, 0) is 30.7 Å². The molecule has 1 aromatic heterocycles. The molecule has 0 bridgehead atoms. The molecule has 2 aromatic rings. The summed E-state index contributed by atoms with van der Waals surface area (Å²) in [5.74, 6) is 0. The molecule has 1 heterocycles. The molecule has 0 radical (unpaired) electrons. The number of halogens is 2. The first-order valence-electron chi connectivity index (χ1n) is 4.14. The molecule has 0 amide bonds. The van der Waals surface area contributed by atoms with Gasteiger partial charge in [0.15, 0.2) is 5.13 Å². The molecule has 0 aliphatic carbocycles. The number of thiazole rings is 1. The smallest absolute Gasteiger partial charge is 0.181 e. The number of anilines is 1. The lowest BCUT2D eigenvalue weighted by Gasteiger charge is -1.96. The fourth-order valence-electron chi connectivity index (χ4n) is 1.31. The lowest BCUT2D eigenvalue weighted by Crippen LogP contribution is -2.02. The molecule has 0 unspecified atom stereocenters. The number of aromatic nitrogens is 1. The normalized spacial score (nSPS) is 9.40. The monoisotopic (exact) mass is 265 g/mol. The van der Waals surface area contributed by atoms with Gasteiger partial charge in [0, 0.05) is 0 Å². The van der Waals surface area contributed by atoms with Crippen LogP contribution in [0.1, 0.15) is 5.56 Å². The molecule has 4 N–H and O–H groups in total. The Kier molecular flexibility index (Phi) is 5.90. The predicted octanol–water partition coefficient (Wildman–Crippen LogP) is 2.22. The number of nitrogen functional groups attached to an aromatic ring is 1. The van der Waals surface area contributed by atoms with Crippen LogP contribution >= 0.6 is 36.2 Å². The minimum Gasteiger partial charge on any atom is -0.375 e. The third-order valence-electron chi connectivity index (χ3n) is 1.90. The Hall–Kier alpha value is -0.550. The van der Waals surface area contributed by atoms with E-state index in [4.69, 9.17) is 11.5 Å². The van der Waals surface area contributed by atoms with Gasteiger partial charge in [0.05, 0.1) is 10.2 Å². The highest BCUT2D eigenvalue weighted by Gasteiger charge is 2.00. The Morgan fingerprint density at radius 1 is 1.27 bits per heavy atom. The first kappa shape index (κ1) is 14.5. The van der Waals surface area contributed by atoms with Crippen molar-refractivity contribution in [2.45, 2.75) is 6.42 Å². The summed E-state index contributed by atoms with van der Waals surface area (Å²) in [4.78, 5) is 4.18. The number of rotatable bonds is 2. The molecule has 15 heavy (non-hydrogen) atoms. The van der Waals surface area contributed by atoms with E-state index < -0.39 is 0 Å². The lowest BCUT2D eigenvalue weighted by molar-refractivity contribution is 0.971. The van der Waals surface area contributed by atoms with Crippen LogP contribution in [0.25, 0.3) is 10.2 Å². The predicted molar refractivity (Wildman–Crippen MR) is 71.3 cm³/mol. The molecule has 0 spiro atoms. The zero-order valence-corrected chi connectivity index (χ0v) is 10.4. The van der Waals surface area contributed by atoms with Crippen molar-refractivity contribution < 1.29 is 0 Å². The molecular formula is C9H13Cl2N3S. The van der Waals surface area contributed by atoms with Gasteiger partial charge in [-0.15, -0.1) is 24.8 Å². The standard InChI is InChI=1S/C9H11N3S.2ClH/c10-4-3-6-1-2-7-8(5-6)13-9(11)12-7;;/h1-2,5H,3-4,10H2,(H2,11,12);2*1H. The van der Waals surface area contributed by atoms with Crippen LogP contribution in [0.15, 0.2) is 18.2 Å². The van der Waals surface area contributed by atoms with E-state index in [-0.39, 0.29) is 24.8 Å². The van der Waals surface area contributed by atoms with Crippen LogP contribution in [0.4, 0.5) is 5.13 Å². The van der Waals surface area contributed by atoms with Gasteiger partial charge in [-0.3, -0.25) is 0 Å². The van der Waals surface area contributed by atoms with Gasteiger partial charge in [0.25, 0.3) is 0 Å². The second kappa shape index (κ2) is 6.12. The van der Waals surface area contributed by atoms with Crippen LogP contribution in [0.2, 0.25) is 0 Å². The molecule has 1 aromatic carbocycles. The fraction of sp³-hybridized carbons (Fsp3) is 0.222. The van der Waals surface area contributed by atoms with Crippen molar-refractivity contribution in [3.8, 4) is 0 Å². The van der Waals surface area contributed by atoms with Gasteiger partial charge < -0.3 is 11.5 Å². The molecule has 0 aliphatic rings. The van der Waals surface area contributed by atoms with Crippen molar-refractivity contribution in [3.63, 3.8) is 0 Å². The third-order valence-corrected chi connectivity index (χ3v) is 2.75. The van der Waals surface area contributed by atoms with E-state index in [1.807, 2.05) is 12.1 Å². The van der Waals surface area contributed by atoms with Gasteiger partial charge >= 0.3 is 0 Å². The average Bonchev–Trinajstić information content (AvgIpc) is 2.44. The topological polar surface area (TPSA) is 64.9 Å². The van der Waals surface area contributed by atoms with E-state index in [0.717, 1.165) is 16.6 Å². The first-order chi connectivity index (χ1) is 6.29. The number of benzene rings is 1. The van der Waals surface area contributed by atoms with Crippen LogP contribution in [-0.4, -0.2) is 11.5 Å². The zero-order valence-electron chi connectivity index (χ0n) is 7.97. The SMILES string of the molecule is Cl.Cl.NCCc1ccc2nc(N)sc2c1. The number of hydrogen-bond acceptors (Lipinski definition) is 4. The highest BCUT2D eigenvalue weighted by Crippen LogP contribution is 2.24. The zero-order chi connectivity index (χ0) is 9.26. The Morgan fingerprint density at radius 3 is 2.67 bits per heavy atom. The largest absolute Gasteiger partial charge is 0.375 e. The molecule has 0 saturated carbocycles. The molecule has 84 valence electrons. The van der Waals surface area contributed by atoms with Crippen molar-refractivity contribution >= 4 is 51.5 Å². The highest BCUT2D eigenvalue weighted by molar-refractivity contribution is 7.22. The summed E-state index contributed by atoms with van der Waals surface area (Å²) in [7, 11) is 0. The fourth-order valence-corrected chi connectivity index (χ4v) is 2.11. The summed E-state index contributed by atoms with van der Waals surface area (Å²) in [6.45, 7) is 0.680. The summed E-state index contributed by atoms with van der Waals surface area (Å²) >= 11 is 1.52. The Bertz CT molecular complexity index is 430. The first-order valence-corrected chi connectivity index (χ1v) is 4.96. The van der Waals surface area contributed by atoms with E-state index in [1.54, 1.807) is 0 Å². The molecule has 2 rings (SSSR count). The van der Waals surface area contributed by atoms with Crippen LogP contribution in [0.5, 0.6) is 0 Å².